The summed E-state index contributed by atoms with van der Waals surface area (Å²) in [5, 5.41) is 0.635. The van der Waals surface area contributed by atoms with Crippen molar-refractivity contribution < 1.29 is 14.3 Å². The Bertz CT molecular complexity index is 606. The van der Waals surface area contributed by atoms with Crippen LogP contribution in [0.2, 0.25) is 5.02 Å². The summed E-state index contributed by atoms with van der Waals surface area (Å²) in [5.74, 6) is 1.46. The van der Waals surface area contributed by atoms with E-state index in [9.17, 15) is 4.79 Å². The number of carbonyl (C=O) groups is 1. The smallest absolute Gasteiger partial charge is 0.159 e. The molecule has 0 bridgehead atoms. The molecule has 0 unspecified atom stereocenters. The molecule has 0 spiro atoms. The highest BCUT2D eigenvalue weighted by Gasteiger charge is 2.05. The average Bonchev–Trinajstić information content (AvgIpc) is 2.45. The zero-order chi connectivity index (χ0) is 14.5. The van der Waals surface area contributed by atoms with Crippen LogP contribution in [0, 0.1) is 0 Å². The lowest BCUT2D eigenvalue weighted by atomic mass is 10.1. The van der Waals surface area contributed by atoms with E-state index in [1.165, 1.54) is 6.92 Å². The molecule has 3 nitrogen and oxygen atoms in total. The van der Waals surface area contributed by atoms with Crippen molar-refractivity contribution in [3.05, 3.63) is 58.6 Å². The van der Waals surface area contributed by atoms with Gasteiger partial charge in [-0.15, -0.1) is 0 Å². The number of benzene rings is 2. The first kappa shape index (κ1) is 14.4. The normalized spacial score (nSPS) is 10.2. The van der Waals surface area contributed by atoms with E-state index in [1.807, 2.05) is 6.07 Å². The monoisotopic (exact) mass is 290 g/mol. The second-order valence-electron chi connectivity index (χ2n) is 4.33. The summed E-state index contributed by atoms with van der Waals surface area (Å²) in [4.78, 5) is 11.2. The van der Waals surface area contributed by atoms with Crippen LogP contribution in [0.1, 0.15) is 22.8 Å². The maximum Gasteiger partial charge on any atom is 0.159 e. The fourth-order valence-electron chi connectivity index (χ4n) is 1.81. The van der Waals surface area contributed by atoms with Crippen molar-refractivity contribution in [2.45, 2.75) is 13.5 Å². The van der Waals surface area contributed by atoms with E-state index < -0.39 is 0 Å². The number of ether oxygens (including phenoxy) is 2. The van der Waals surface area contributed by atoms with Crippen LogP contribution >= 0.6 is 11.6 Å². The van der Waals surface area contributed by atoms with Crippen LogP contribution in [0.25, 0.3) is 0 Å². The van der Waals surface area contributed by atoms with E-state index in [1.54, 1.807) is 43.5 Å². The molecule has 2 aromatic rings. The predicted octanol–water partition coefficient (Wildman–Crippen LogP) is 4.13. The Kier molecular flexibility index (Phi) is 4.64. The standard InChI is InChI=1S/C16H15ClO3/c1-11(18)12-3-6-15(7-4-12)20-10-13-9-14(17)5-8-16(13)19-2/h3-9H,10H2,1-2H3. The third-order valence-electron chi connectivity index (χ3n) is 2.90. The Morgan fingerprint density at radius 3 is 2.45 bits per heavy atom. The zero-order valence-electron chi connectivity index (χ0n) is 11.4. The van der Waals surface area contributed by atoms with Gasteiger partial charge in [0.2, 0.25) is 0 Å². The third kappa shape index (κ3) is 3.52. The Hall–Kier alpha value is -2.00. The number of rotatable bonds is 5. The van der Waals surface area contributed by atoms with Gasteiger partial charge in [0.15, 0.2) is 5.78 Å². The molecule has 0 aliphatic rings. The molecular formula is C16H15ClO3. The first-order chi connectivity index (χ1) is 9.60. The molecule has 0 aliphatic heterocycles. The maximum atomic E-state index is 11.2. The molecule has 104 valence electrons. The second-order valence-corrected chi connectivity index (χ2v) is 4.76. The van der Waals surface area contributed by atoms with Gasteiger partial charge < -0.3 is 9.47 Å². The molecule has 0 N–H and O–H groups in total. The van der Waals surface area contributed by atoms with Crippen LogP contribution in [0.4, 0.5) is 0 Å². The maximum absolute atomic E-state index is 11.2. The Morgan fingerprint density at radius 1 is 1.15 bits per heavy atom. The Morgan fingerprint density at radius 2 is 1.85 bits per heavy atom. The zero-order valence-corrected chi connectivity index (χ0v) is 12.1. The highest BCUT2D eigenvalue weighted by molar-refractivity contribution is 6.30. The van der Waals surface area contributed by atoms with Gasteiger partial charge in [0.05, 0.1) is 7.11 Å². The molecule has 0 aliphatic carbocycles. The van der Waals surface area contributed by atoms with Gasteiger partial charge in [0, 0.05) is 16.1 Å². The third-order valence-corrected chi connectivity index (χ3v) is 3.13. The molecule has 0 radical (unpaired) electrons. The van der Waals surface area contributed by atoms with E-state index in [4.69, 9.17) is 21.1 Å². The number of ketones is 1. The predicted molar refractivity (Wildman–Crippen MR) is 78.8 cm³/mol. The van der Waals surface area contributed by atoms with Crippen LogP contribution in [-0.2, 0) is 6.61 Å². The van der Waals surface area contributed by atoms with Crippen molar-refractivity contribution in [3.63, 3.8) is 0 Å². The van der Waals surface area contributed by atoms with Gasteiger partial charge in [-0.1, -0.05) is 11.6 Å². The molecule has 0 heterocycles. The largest absolute Gasteiger partial charge is 0.496 e. The van der Waals surface area contributed by atoms with E-state index in [2.05, 4.69) is 0 Å². The Balaban J connectivity index is 2.08. The minimum Gasteiger partial charge on any atom is -0.496 e. The van der Waals surface area contributed by atoms with Crippen molar-refractivity contribution >= 4 is 17.4 Å². The Labute approximate surface area is 123 Å². The van der Waals surface area contributed by atoms with E-state index in [0.29, 0.717) is 22.9 Å². The molecular weight excluding hydrogens is 276 g/mol. The first-order valence-corrected chi connectivity index (χ1v) is 6.54. The van der Waals surface area contributed by atoms with Gasteiger partial charge in [-0.2, -0.15) is 0 Å². The van der Waals surface area contributed by atoms with Gasteiger partial charge >= 0.3 is 0 Å². The molecule has 0 fully saturated rings. The number of Topliss-reactive ketones (excluding diaryl/α,β-unsaturated/α-hetero) is 1. The summed E-state index contributed by atoms with van der Waals surface area (Å²) in [7, 11) is 1.61. The summed E-state index contributed by atoms with van der Waals surface area (Å²) in [6, 6.07) is 12.4. The molecule has 4 heteroatoms. The van der Waals surface area contributed by atoms with Crippen molar-refractivity contribution in [3.8, 4) is 11.5 Å². The molecule has 2 aromatic carbocycles. The summed E-state index contributed by atoms with van der Waals surface area (Å²) < 4.78 is 10.9. The molecule has 0 amide bonds. The molecule has 0 saturated carbocycles. The van der Waals surface area contributed by atoms with Crippen LogP contribution in [0.3, 0.4) is 0 Å². The van der Waals surface area contributed by atoms with Crippen LogP contribution in [0.15, 0.2) is 42.5 Å². The highest BCUT2D eigenvalue weighted by atomic mass is 35.5. The van der Waals surface area contributed by atoms with Crippen molar-refractivity contribution in [1.82, 2.24) is 0 Å². The highest BCUT2D eigenvalue weighted by Crippen LogP contribution is 2.24. The van der Waals surface area contributed by atoms with Crippen molar-refractivity contribution in [2.75, 3.05) is 7.11 Å². The number of hydrogen-bond donors (Lipinski definition) is 0. The molecule has 20 heavy (non-hydrogen) atoms. The van der Waals surface area contributed by atoms with Gasteiger partial charge in [-0.3, -0.25) is 4.79 Å². The van der Waals surface area contributed by atoms with E-state index in [-0.39, 0.29) is 5.78 Å². The minimum absolute atomic E-state index is 0.0352. The molecule has 0 saturated heterocycles. The number of carbonyl (C=O) groups excluding carboxylic acids is 1. The molecule has 0 aromatic heterocycles. The van der Waals surface area contributed by atoms with Gasteiger partial charge in [-0.25, -0.2) is 0 Å². The number of hydrogen-bond acceptors (Lipinski definition) is 3. The van der Waals surface area contributed by atoms with Crippen LogP contribution < -0.4 is 9.47 Å². The average molecular weight is 291 g/mol. The van der Waals surface area contributed by atoms with Crippen LogP contribution in [-0.4, -0.2) is 12.9 Å². The fraction of sp³-hybridized carbons (Fsp3) is 0.188. The lowest BCUT2D eigenvalue weighted by molar-refractivity contribution is 0.101. The lowest BCUT2D eigenvalue weighted by Gasteiger charge is -2.11. The minimum atomic E-state index is 0.0352. The lowest BCUT2D eigenvalue weighted by Crippen LogP contribution is -1.99. The molecule has 2 rings (SSSR count). The summed E-state index contributed by atoms with van der Waals surface area (Å²) >= 11 is 5.96. The van der Waals surface area contributed by atoms with Gasteiger partial charge in [0.25, 0.3) is 0 Å². The summed E-state index contributed by atoms with van der Waals surface area (Å²) in [6.07, 6.45) is 0. The second kappa shape index (κ2) is 6.44. The number of halogens is 1. The van der Waals surface area contributed by atoms with Gasteiger partial charge in [0.1, 0.15) is 18.1 Å². The van der Waals surface area contributed by atoms with E-state index in [0.717, 1.165) is 11.3 Å². The molecule has 0 atom stereocenters. The number of methoxy groups -OCH3 is 1. The SMILES string of the molecule is COc1ccc(Cl)cc1COc1ccc(C(C)=O)cc1. The quantitative estimate of drug-likeness (QED) is 0.777. The van der Waals surface area contributed by atoms with Crippen LogP contribution in [0.5, 0.6) is 11.5 Å². The topological polar surface area (TPSA) is 35.5 Å². The van der Waals surface area contributed by atoms with Gasteiger partial charge in [-0.05, 0) is 49.4 Å². The van der Waals surface area contributed by atoms with E-state index >= 15 is 0 Å². The van der Waals surface area contributed by atoms with Crippen molar-refractivity contribution in [1.29, 1.82) is 0 Å². The summed E-state index contributed by atoms with van der Waals surface area (Å²) in [6.45, 7) is 1.88. The first-order valence-electron chi connectivity index (χ1n) is 6.16. The fourth-order valence-corrected chi connectivity index (χ4v) is 2.00. The van der Waals surface area contributed by atoms with Crippen molar-refractivity contribution in [2.24, 2.45) is 0 Å². The summed E-state index contributed by atoms with van der Waals surface area (Å²) in [5.41, 5.74) is 1.54.